The van der Waals surface area contributed by atoms with Crippen LogP contribution in [0.25, 0.3) is 0 Å². The van der Waals surface area contributed by atoms with Crippen molar-refractivity contribution < 1.29 is 22.6 Å². The summed E-state index contributed by atoms with van der Waals surface area (Å²) in [6, 6.07) is 2.26. The van der Waals surface area contributed by atoms with E-state index in [1.165, 1.54) is 6.07 Å². The number of fused-ring (bicyclic) bond motifs is 1. The lowest BCUT2D eigenvalue weighted by molar-refractivity contribution is -0.145. The van der Waals surface area contributed by atoms with Gasteiger partial charge in [-0.15, -0.1) is 0 Å². The molecule has 0 aliphatic carbocycles. The Bertz CT molecular complexity index is 562. The molecule has 5 nitrogen and oxygen atoms in total. The maximum absolute atomic E-state index is 12.6. The third kappa shape index (κ3) is 3.59. The predicted octanol–water partition coefficient (Wildman–Crippen LogP) is 2.35. The smallest absolute Gasteiger partial charge is 0.363 e. The number of likely N-dealkylation sites (N-methyl/N-ethyl adjacent to an activating group) is 1. The minimum atomic E-state index is -4.38. The van der Waals surface area contributed by atoms with Crippen molar-refractivity contribution in [3.63, 3.8) is 0 Å². The summed E-state index contributed by atoms with van der Waals surface area (Å²) >= 11 is 0. The highest BCUT2D eigenvalue weighted by Crippen LogP contribution is 2.34. The zero-order chi connectivity index (χ0) is 16.8. The average Bonchev–Trinajstić information content (AvgIpc) is 2.72. The number of halogens is 3. The normalized spacial score (nSPS) is 31.0. The number of ether oxygens (including phenoxy) is 2. The second-order valence-electron chi connectivity index (χ2n) is 6.54. The second kappa shape index (κ2) is 5.61. The molecule has 128 valence electrons. The molecule has 1 aromatic heterocycles. The van der Waals surface area contributed by atoms with Crippen molar-refractivity contribution in [1.82, 2.24) is 9.88 Å². The molecule has 0 unspecified atom stereocenters. The standard InChI is InChI=1S/C15H20F3N3O2/c1-14(2)22-11-8-21(3)7-10(13(11)23-14)20-12-5-4-9(6-19-12)15(16,17)18/h4-6,10-11,13H,7-8H2,1-3H3,(H,19,20)/t10-,11-,13+/m0/s1. The summed E-state index contributed by atoms with van der Waals surface area (Å²) in [6.45, 7) is 5.17. The van der Waals surface area contributed by atoms with E-state index in [4.69, 9.17) is 9.47 Å². The lowest BCUT2D eigenvalue weighted by atomic mass is 10.00. The third-order valence-electron chi connectivity index (χ3n) is 4.04. The molecule has 2 aliphatic rings. The molecule has 0 bridgehead atoms. The van der Waals surface area contributed by atoms with Gasteiger partial charge >= 0.3 is 6.18 Å². The van der Waals surface area contributed by atoms with Gasteiger partial charge in [-0.3, -0.25) is 0 Å². The van der Waals surface area contributed by atoms with Crippen molar-refractivity contribution in [1.29, 1.82) is 0 Å². The molecule has 3 rings (SSSR count). The second-order valence-corrected chi connectivity index (χ2v) is 6.54. The zero-order valence-corrected chi connectivity index (χ0v) is 13.2. The Labute approximate surface area is 132 Å². The number of likely N-dealkylation sites (tertiary alicyclic amines) is 1. The van der Waals surface area contributed by atoms with Crippen molar-refractivity contribution in [3.05, 3.63) is 23.9 Å². The van der Waals surface area contributed by atoms with Crippen molar-refractivity contribution in [2.24, 2.45) is 0 Å². The highest BCUT2D eigenvalue weighted by atomic mass is 19.4. The zero-order valence-electron chi connectivity index (χ0n) is 13.2. The molecule has 1 N–H and O–H groups in total. The summed E-state index contributed by atoms with van der Waals surface area (Å²) in [6.07, 6.45) is -3.78. The van der Waals surface area contributed by atoms with Crippen LogP contribution in [-0.2, 0) is 15.7 Å². The molecule has 0 amide bonds. The summed E-state index contributed by atoms with van der Waals surface area (Å²) in [4.78, 5) is 5.97. The summed E-state index contributed by atoms with van der Waals surface area (Å²) in [7, 11) is 1.97. The van der Waals surface area contributed by atoms with Gasteiger partial charge in [-0.25, -0.2) is 4.98 Å². The summed E-state index contributed by atoms with van der Waals surface area (Å²) < 4.78 is 49.6. The van der Waals surface area contributed by atoms with Crippen LogP contribution in [0, 0.1) is 0 Å². The Kier molecular flexibility index (Phi) is 4.02. The maximum Gasteiger partial charge on any atom is 0.417 e. The number of pyridine rings is 1. The molecule has 8 heteroatoms. The van der Waals surface area contributed by atoms with Crippen molar-refractivity contribution in [2.45, 2.75) is 44.1 Å². The SMILES string of the molecule is CN1C[C@H](Nc2ccc(C(F)(F)F)cn2)[C@H]2OC(C)(C)O[C@H]2C1. The van der Waals surface area contributed by atoms with E-state index in [1.54, 1.807) is 0 Å². The van der Waals surface area contributed by atoms with Crippen LogP contribution in [0.4, 0.5) is 19.0 Å². The minimum absolute atomic E-state index is 0.0734. The fourth-order valence-electron chi connectivity index (χ4n) is 3.13. The molecule has 2 aliphatic heterocycles. The molecular weight excluding hydrogens is 311 g/mol. The Morgan fingerprint density at radius 1 is 1.26 bits per heavy atom. The van der Waals surface area contributed by atoms with Gasteiger partial charge < -0.3 is 19.7 Å². The predicted molar refractivity (Wildman–Crippen MR) is 78.0 cm³/mol. The first-order valence-corrected chi connectivity index (χ1v) is 7.48. The largest absolute Gasteiger partial charge is 0.417 e. The average molecular weight is 331 g/mol. The molecule has 2 saturated heterocycles. The molecular formula is C15H20F3N3O2. The Morgan fingerprint density at radius 2 is 2.00 bits per heavy atom. The van der Waals surface area contributed by atoms with Crippen LogP contribution in [-0.4, -0.2) is 54.1 Å². The highest BCUT2D eigenvalue weighted by molar-refractivity contribution is 5.38. The Hall–Kier alpha value is -1.38. The Morgan fingerprint density at radius 3 is 2.61 bits per heavy atom. The monoisotopic (exact) mass is 331 g/mol. The number of anilines is 1. The summed E-state index contributed by atoms with van der Waals surface area (Å²) in [5.41, 5.74) is -0.761. The van der Waals surface area contributed by atoms with Gasteiger partial charge in [0.2, 0.25) is 0 Å². The summed E-state index contributed by atoms with van der Waals surface area (Å²) in [5, 5.41) is 3.17. The first kappa shape index (κ1) is 16.5. The van der Waals surface area contributed by atoms with E-state index in [9.17, 15) is 13.2 Å². The van der Waals surface area contributed by atoms with E-state index in [1.807, 2.05) is 20.9 Å². The van der Waals surface area contributed by atoms with Crippen LogP contribution in [0.2, 0.25) is 0 Å². The maximum atomic E-state index is 12.6. The summed E-state index contributed by atoms with van der Waals surface area (Å²) in [5.74, 6) is -0.265. The van der Waals surface area contributed by atoms with Gasteiger partial charge in [0, 0.05) is 19.3 Å². The van der Waals surface area contributed by atoms with Crippen LogP contribution < -0.4 is 5.32 Å². The van der Waals surface area contributed by atoms with Crippen LogP contribution in [0.1, 0.15) is 19.4 Å². The first-order chi connectivity index (χ1) is 10.6. The van der Waals surface area contributed by atoms with Crippen molar-refractivity contribution >= 4 is 5.82 Å². The van der Waals surface area contributed by atoms with E-state index in [2.05, 4.69) is 15.2 Å². The van der Waals surface area contributed by atoms with Gasteiger partial charge in [0.25, 0.3) is 0 Å². The number of piperidine rings is 1. The lowest BCUT2D eigenvalue weighted by Crippen LogP contribution is -2.55. The molecule has 0 aromatic carbocycles. The van der Waals surface area contributed by atoms with Gasteiger partial charge in [-0.2, -0.15) is 13.2 Å². The molecule has 0 radical (unpaired) electrons. The topological polar surface area (TPSA) is 46.6 Å². The van der Waals surface area contributed by atoms with E-state index in [0.717, 1.165) is 18.8 Å². The molecule has 0 spiro atoms. The fourth-order valence-corrected chi connectivity index (χ4v) is 3.13. The lowest BCUT2D eigenvalue weighted by Gasteiger charge is -2.37. The number of nitrogens with one attached hydrogen (secondary N) is 1. The number of hydrogen-bond donors (Lipinski definition) is 1. The number of nitrogens with zero attached hydrogens (tertiary/aromatic N) is 2. The molecule has 0 saturated carbocycles. The number of hydrogen-bond acceptors (Lipinski definition) is 5. The fraction of sp³-hybridized carbons (Fsp3) is 0.667. The molecule has 2 fully saturated rings. The highest BCUT2D eigenvalue weighted by Gasteiger charge is 2.48. The minimum Gasteiger partial charge on any atom is -0.363 e. The van der Waals surface area contributed by atoms with Crippen LogP contribution in [0.5, 0.6) is 0 Å². The van der Waals surface area contributed by atoms with Gasteiger partial charge in [-0.1, -0.05) is 0 Å². The quantitative estimate of drug-likeness (QED) is 0.901. The Balaban J connectivity index is 1.73. The van der Waals surface area contributed by atoms with E-state index >= 15 is 0 Å². The van der Waals surface area contributed by atoms with Crippen molar-refractivity contribution in [2.75, 3.05) is 25.5 Å². The van der Waals surface area contributed by atoms with E-state index < -0.39 is 17.5 Å². The molecule has 1 aromatic rings. The van der Waals surface area contributed by atoms with Crippen LogP contribution in [0.15, 0.2) is 18.3 Å². The van der Waals surface area contributed by atoms with Crippen molar-refractivity contribution in [3.8, 4) is 0 Å². The van der Waals surface area contributed by atoms with Gasteiger partial charge in [-0.05, 0) is 33.0 Å². The third-order valence-corrected chi connectivity index (χ3v) is 4.04. The van der Waals surface area contributed by atoms with Gasteiger partial charge in [0.05, 0.1) is 11.6 Å². The number of rotatable bonds is 2. The number of aromatic nitrogens is 1. The van der Waals surface area contributed by atoms with E-state index in [0.29, 0.717) is 12.4 Å². The van der Waals surface area contributed by atoms with Gasteiger partial charge in [0.15, 0.2) is 5.79 Å². The number of alkyl halides is 3. The first-order valence-electron chi connectivity index (χ1n) is 7.48. The molecule has 23 heavy (non-hydrogen) atoms. The van der Waals surface area contributed by atoms with Crippen LogP contribution >= 0.6 is 0 Å². The van der Waals surface area contributed by atoms with E-state index in [-0.39, 0.29) is 18.2 Å². The van der Waals surface area contributed by atoms with Crippen LogP contribution in [0.3, 0.4) is 0 Å². The molecule has 3 heterocycles. The molecule has 3 atom stereocenters. The van der Waals surface area contributed by atoms with Gasteiger partial charge in [0.1, 0.15) is 18.0 Å².